The molecule has 1 aliphatic carbocycles. The van der Waals surface area contributed by atoms with Gasteiger partial charge in [-0.25, -0.2) is 9.78 Å². The van der Waals surface area contributed by atoms with Gasteiger partial charge in [0.1, 0.15) is 17.6 Å². The van der Waals surface area contributed by atoms with Gasteiger partial charge in [0.05, 0.1) is 13.2 Å². The molecule has 1 saturated carbocycles. The molecule has 2 N–H and O–H groups in total. The summed E-state index contributed by atoms with van der Waals surface area (Å²) in [6.45, 7) is 0.947. The van der Waals surface area contributed by atoms with Crippen molar-refractivity contribution in [1.82, 2.24) is 19.9 Å². The van der Waals surface area contributed by atoms with Crippen molar-refractivity contribution in [2.45, 2.75) is 44.0 Å². The number of hydrogen-bond acceptors (Lipinski definition) is 9. The van der Waals surface area contributed by atoms with E-state index >= 15 is 0 Å². The molecule has 2 fully saturated rings. The number of ether oxygens (including phenoxy) is 3. The predicted octanol–water partition coefficient (Wildman–Crippen LogP) is 1.67. The Morgan fingerprint density at radius 1 is 1.11 bits per heavy atom. The molecule has 0 unspecified atom stereocenters. The van der Waals surface area contributed by atoms with Crippen LogP contribution in [-0.4, -0.2) is 65.0 Å². The van der Waals surface area contributed by atoms with Crippen LogP contribution in [0.3, 0.4) is 0 Å². The van der Waals surface area contributed by atoms with Crippen LogP contribution in [0, 0.1) is 0 Å². The topological polar surface area (TPSA) is 137 Å². The number of methoxy groups -OCH3 is 1. The summed E-state index contributed by atoms with van der Waals surface area (Å²) < 4.78 is 17.9. The summed E-state index contributed by atoms with van der Waals surface area (Å²) in [7, 11) is 1.54. The third-order valence-corrected chi connectivity index (χ3v) is 7.03. The number of hydrogen-bond donors (Lipinski definition) is 2. The van der Waals surface area contributed by atoms with Crippen molar-refractivity contribution in [3.05, 3.63) is 46.8 Å². The van der Waals surface area contributed by atoms with Crippen LogP contribution in [0.2, 0.25) is 0 Å². The standard InChI is InChI=1S/C25H26N6O6/c1-35-21-8-2-14-3-9-22(33)30(24(14)29-21)11-10-26-15-4-5-16-18(12-15)37-25(34)31(16)19-7-6-17-23(27-19)28-20(32)13-36-17/h2-3,6-9,15-16,18,26H,4-5,10-13H2,1H3,(H,27,28,32)/t15-,16-,18+/m1/s1. The molecule has 0 spiro atoms. The summed E-state index contributed by atoms with van der Waals surface area (Å²) >= 11 is 0. The zero-order chi connectivity index (χ0) is 25.5. The van der Waals surface area contributed by atoms with Gasteiger partial charge < -0.3 is 24.8 Å². The average molecular weight is 507 g/mol. The molecule has 192 valence electrons. The van der Waals surface area contributed by atoms with E-state index in [1.54, 1.807) is 46.9 Å². The maximum Gasteiger partial charge on any atom is 0.416 e. The average Bonchev–Trinajstić information content (AvgIpc) is 3.24. The van der Waals surface area contributed by atoms with Crippen molar-refractivity contribution < 1.29 is 23.8 Å². The number of pyridine rings is 3. The molecule has 0 bridgehead atoms. The fourth-order valence-corrected chi connectivity index (χ4v) is 5.25. The molecule has 3 atom stereocenters. The second kappa shape index (κ2) is 9.36. The normalized spacial score (nSPS) is 22.6. The molecule has 1 saturated heterocycles. The molecule has 2 amide bonds. The van der Waals surface area contributed by atoms with E-state index in [4.69, 9.17) is 14.2 Å². The minimum Gasteiger partial charge on any atom is -0.481 e. The minimum atomic E-state index is -0.450. The van der Waals surface area contributed by atoms with Crippen LogP contribution in [0.5, 0.6) is 11.6 Å². The summed E-state index contributed by atoms with van der Waals surface area (Å²) in [6.07, 6.45) is 1.47. The van der Waals surface area contributed by atoms with Gasteiger partial charge >= 0.3 is 6.09 Å². The van der Waals surface area contributed by atoms with E-state index in [-0.39, 0.29) is 36.3 Å². The molecule has 0 radical (unpaired) electrons. The maximum atomic E-state index is 12.8. The summed E-state index contributed by atoms with van der Waals surface area (Å²) in [6, 6.07) is 10.3. The first-order chi connectivity index (χ1) is 18.0. The van der Waals surface area contributed by atoms with E-state index in [9.17, 15) is 14.4 Å². The van der Waals surface area contributed by atoms with Crippen LogP contribution >= 0.6 is 0 Å². The number of aromatic nitrogens is 3. The Morgan fingerprint density at radius 3 is 2.84 bits per heavy atom. The Bertz CT molecular complexity index is 1440. The van der Waals surface area contributed by atoms with Crippen molar-refractivity contribution in [1.29, 1.82) is 0 Å². The number of nitrogens with zero attached hydrogens (tertiary/aromatic N) is 4. The lowest BCUT2D eigenvalue weighted by atomic mass is 9.88. The van der Waals surface area contributed by atoms with E-state index in [0.29, 0.717) is 48.4 Å². The lowest BCUT2D eigenvalue weighted by Crippen LogP contribution is -2.46. The predicted molar refractivity (Wildman–Crippen MR) is 133 cm³/mol. The molecule has 37 heavy (non-hydrogen) atoms. The zero-order valence-corrected chi connectivity index (χ0v) is 20.2. The molecule has 6 rings (SSSR count). The second-order valence-corrected chi connectivity index (χ2v) is 9.27. The Labute approximate surface area is 211 Å². The lowest BCUT2D eigenvalue weighted by Gasteiger charge is -2.33. The van der Waals surface area contributed by atoms with Crippen LogP contribution in [-0.2, 0) is 16.1 Å². The SMILES string of the molecule is COc1ccc2ccc(=O)n(CCN[C@@H]3CC[C@@H]4[C@H](C3)OC(=O)N4c3ccc4c(n3)NC(=O)CO4)c2n1. The zero-order valence-electron chi connectivity index (χ0n) is 20.2. The largest absolute Gasteiger partial charge is 0.481 e. The van der Waals surface area contributed by atoms with Gasteiger partial charge in [-0.3, -0.25) is 19.1 Å². The van der Waals surface area contributed by atoms with E-state index in [0.717, 1.165) is 18.2 Å². The Hall–Kier alpha value is -4.19. The van der Waals surface area contributed by atoms with Crippen LogP contribution in [0.25, 0.3) is 11.0 Å². The first-order valence-corrected chi connectivity index (χ1v) is 12.2. The van der Waals surface area contributed by atoms with Crippen LogP contribution in [0.1, 0.15) is 19.3 Å². The highest BCUT2D eigenvalue weighted by molar-refractivity contribution is 5.95. The van der Waals surface area contributed by atoms with Gasteiger partial charge in [-0.15, -0.1) is 0 Å². The van der Waals surface area contributed by atoms with E-state index < -0.39 is 6.09 Å². The number of amides is 2. The van der Waals surface area contributed by atoms with Crippen LogP contribution in [0.15, 0.2) is 41.2 Å². The van der Waals surface area contributed by atoms with Crippen molar-refractivity contribution in [3.63, 3.8) is 0 Å². The fraction of sp³-hybridized carbons (Fsp3) is 0.400. The summed E-state index contributed by atoms with van der Waals surface area (Å²) in [5.41, 5.74) is 0.454. The molecule has 12 heteroatoms. The highest BCUT2D eigenvalue weighted by Gasteiger charge is 2.46. The van der Waals surface area contributed by atoms with Gasteiger partial charge in [0.15, 0.2) is 18.2 Å². The van der Waals surface area contributed by atoms with Gasteiger partial charge in [-0.1, -0.05) is 0 Å². The molecule has 12 nitrogen and oxygen atoms in total. The number of nitrogens with one attached hydrogen (secondary N) is 2. The van der Waals surface area contributed by atoms with E-state index in [2.05, 4.69) is 20.6 Å². The molecule has 5 heterocycles. The molecule has 3 aromatic rings. The van der Waals surface area contributed by atoms with Crippen LogP contribution in [0.4, 0.5) is 16.4 Å². The molecule has 3 aromatic heterocycles. The number of fused-ring (bicyclic) bond motifs is 3. The van der Waals surface area contributed by atoms with E-state index in [1.165, 1.54) is 0 Å². The van der Waals surface area contributed by atoms with Gasteiger partial charge in [0.2, 0.25) is 5.88 Å². The molecule has 3 aliphatic rings. The number of rotatable bonds is 6. The third kappa shape index (κ3) is 4.33. The van der Waals surface area contributed by atoms with Crippen molar-refractivity contribution >= 4 is 34.7 Å². The van der Waals surface area contributed by atoms with Crippen molar-refractivity contribution in [2.24, 2.45) is 0 Å². The maximum absolute atomic E-state index is 12.8. The Balaban J connectivity index is 1.11. The summed E-state index contributed by atoms with van der Waals surface area (Å²) in [5.74, 6) is 1.36. The number of carbonyl (C=O) groups excluding carboxylic acids is 2. The summed E-state index contributed by atoms with van der Waals surface area (Å²) in [4.78, 5) is 47.4. The molecular formula is C25H26N6O6. The number of carbonyl (C=O) groups is 2. The Kier molecular flexibility index (Phi) is 5.87. The van der Waals surface area contributed by atoms with E-state index in [1.807, 2.05) is 6.07 Å². The fourth-order valence-electron chi connectivity index (χ4n) is 5.25. The molecular weight excluding hydrogens is 480 g/mol. The quantitative estimate of drug-likeness (QED) is 0.511. The molecule has 0 aromatic carbocycles. The van der Waals surface area contributed by atoms with Crippen LogP contribution < -0.4 is 30.6 Å². The Morgan fingerprint density at radius 2 is 1.97 bits per heavy atom. The smallest absolute Gasteiger partial charge is 0.416 e. The van der Waals surface area contributed by atoms with Gasteiger partial charge in [0.25, 0.3) is 11.5 Å². The van der Waals surface area contributed by atoms with Crippen molar-refractivity contribution in [3.8, 4) is 11.6 Å². The van der Waals surface area contributed by atoms with Gasteiger partial charge in [-0.2, -0.15) is 4.98 Å². The summed E-state index contributed by atoms with van der Waals surface area (Å²) in [5, 5.41) is 7.05. The van der Waals surface area contributed by atoms with Gasteiger partial charge in [0, 0.05) is 43.1 Å². The first-order valence-electron chi connectivity index (χ1n) is 12.2. The number of anilines is 2. The highest BCUT2D eigenvalue weighted by Crippen LogP contribution is 2.37. The first kappa shape index (κ1) is 23.2. The third-order valence-electron chi connectivity index (χ3n) is 7.03. The monoisotopic (exact) mass is 506 g/mol. The van der Waals surface area contributed by atoms with Crippen molar-refractivity contribution in [2.75, 3.05) is 30.5 Å². The second-order valence-electron chi connectivity index (χ2n) is 9.27. The highest BCUT2D eigenvalue weighted by atomic mass is 16.6. The minimum absolute atomic E-state index is 0.0568. The van der Waals surface area contributed by atoms with Gasteiger partial charge in [-0.05, 0) is 37.1 Å². The molecule has 2 aliphatic heterocycles. The lowest BCUT2D eigenvalue weighted by molar-refractivity contribution is -0.118.